The number of hydrazine groups is 1. The molecule has 2 aromatic carbocycles. The zero-order valence-electron chi connectivity index (χ0n) is 14.1. The van der Waals surface area contributed by atoms with Crippen molar-refractivity contribution in [3.05, 3.63) is 63.7 Å². The van der Waals surface area contributed by atoms with Gasteiger partial charge in [0.15, 0.2) is 5.58 Å². The lowest BCUT2D eigenvalue weighted by atomic mass is 10.1. The number of thioether (sulfide) groups is 1. The molecule has 0 atom stereocenters. The Labute approximate surface area is 157 Å². The van der Waals surface area contributed by atoms with Crippen LogP contribution >= 0.6 is 11.8 Å². The van der Waals surface area contributed by atoms with Gasteiger partial charge in [-0.25, -0.2) is 4.98 Å². The van der Waals surface area contributed by atoms with Crippen molar-refractivity contribution in [1.29, 1.82) is 0 Å². The summed E-state index contributed by atoms with van der Waals surface area (Å²) in [5.74, 6) is -1.03. The molecule has 0 fully saturated rings. The van der Waals surface area contributed by atoms with Gasteiger partial charge in [0.25, 0.3) is 16.8 Å². The predicted octanol–water partition coefficient (Wildman–Crippen LogP) is 2.60. The molecule has 0 bridgehead atoms. The molecule has 1 aromatic heterocycles. The summed E-state index contributed by atoms with van der Waals surface area (Å²) < 4.78 is 5.49. The van der Waals surface area contributed by atoms with Gasteiger partial charge in [0.2, 0.25) is 5.91 Å². The van der Waals surface area contributed by atoms with Crippen molar-refractivity contribution in [3.8, 4) is 0 Å². The minimum Gasteiger partial charge on any atom is -0.431 e. The first-order chi connectivity index (χ1) is 12.9. The summed E-state index contributed by atoms with van der Waals surface area (Å²) in [4.78, 5) is 38.4. The predicted molar refractivity (Wildman–Crippen MR) is 98.2 cm³/mol. The monoisotopic (exact) mass is 386 g/mol. The number of rotatable bonds is 5. The molecule has 27 heavy (non-hydrogen) atoms. The fourth-order valence-electron chi connectivity index (χ4n) is 2.28. The highest BCUT2D eigenvalue weighted by molar-refractivity contribution is 7.99. The fourth-order valence-corrected chi connectivity index (χ4v) is 2.91. The molecule has 1 heterocycles. The van der Waals surface area contributed by atoms with E-state index in [0.29, 0.717) is 21.9 Å². The average Bonchev–Trinajstić information content (AvgIpc) is 3.07. The molecule has 0 saturated carbocycles. The number of hydrogen-bond donors (Lipinski definition) is 2. The van der Waals surface area contributed by atoms with Crippen LogP contribution < -0.4 is 10.9 Å². The van der Waals surface area contributed by atoms with Crippen LogP contribution in [0.2, 0.25) is 0 Å². The van der Waals surface area contributed by atoms with Crippen molar-refractivity contribution in [2.24, 2.45) is 0 Å². The molecular formula is C17H14N4O5S. The van der Waals surface area contributed by atoms with Crippen LogP contribution in [-0.4, -0.2) is 27.5 Å². The second-order valence-electron chi connectivity index (χ2n) is 5.50. The number of carbonyl (C=O) groups excluding carboxylic acids is 2. The summed E-state index contributed by atoms with van der Waals surface area (Å²) in [5.41, 5.74) is 6.34. The number of oxazole rings is 1. The first kappa shape index (κ1) is 18.4. The van der Waals surface area contributed by atoms with Crippen molar-refractivity contribution < 1.29 is 18.9 Å². The van der Waals surface area contributed by atoms with E-state index in [9.17, 15) is 19.7 Å². The summed E-state index contributed by atoms with van der Waals surface area (Å²) in [6, 6.07) is 11.2. The fraction of sp³-hybridized carbons (Fsp3) is 0.118. The number of fused-ring (bicyclic) bond motifs is 1. The van der Waals surface area contributed by atoms with Crippen LogP contribution in [0.3, 0.4) is 0 Å². The van der Waals surface area contributed by atoms with Gasteiger partial charge in [-0.05, 0) is 31.2 Å². The number of aryl methyl sites for hydroxylation is 1. The second-order valence-corrected chi connectivity index (χ2v) is 6.42. The molecule has 0 aliphatic rings. The Kier molecular flexibility index (Phi) is 5.36. The van der Waals surface area contributed by atoms with Gasteiger partial charge in [-0.2, -0.15) is 0 Å². The normalized spacial score (nSPS) is 10.6. The van der Waals surface area contributed by atoms with Crippen LogP contribution in [0.1, 0.15) is 15.9 Å². The molecule has 2 amide bonds. The summed E-state index contributed by atoms with van der Waals surface area (Å²) >= 11 is 1.09. The van der Waals surface area contributed by atoms with E-state index in [1.807, 2.05) is 12.1 Å². The van der Waals surface area contributed by atoms with Gasteiger partial charge >= 0.3 is 0 Å². The Hall–Kier alpha value is -3.40. The number of nitro groups is 1. The molecule has 9 nitrogen and oxygen atoms in total. The molecule has 0 unspecified atom stereocenters. The number of nitro benzene ring substituents is 1. The lowest BCUT2D eigenvalue weighted by Gasteiger charge is -2.07. The molecule has 0 saturated heterocycles. The molecule has 3 rings (SSSR count). The molecule has 138 valence electrons. The maximum Gasteiger partial charge on any atom is 0.272 e. The van der Waals surface area contributed by atoms with Gasteiger partial charge < -0.3 is 4.42 Å². The van der Waals surface area contributed by atoms with E-state index in [1.165, 1.54) is 25.1 Å². The van der Waals surface area contributed by atoms with Gasteiger partial charge in [0, 0.05) is 17.2 Å². The number of nitrogens with one attached hydrogen (secondary N) is 2. The number of benzene rings is 2. The lowest BCUT2D eigenvalue weighted by molar-refractivity contribution is -0.385. The zero-order valence-corrected chi connectivity index (χ0v) is 14.9. The summed E-state index contributed by atoms with van der Waals surface area (Å²) in [6.45, 7) is 1.53. The van der Waals surface area contributed by atoms with Crippen LogP contribution in [0.25, 0.3) is 11.1 Å². The number of amides is 2. The largest absolute Gasteiger partial charge is 0.431 e. The average molecular weight is 386 g/mol. The van der Waals surface area contributed by atoms with Gasteiger partial charge in [0.1, 0.15) is 5.52 Å². The highest BCUT2D eigenvalue weighted by Crippen LogP contribution is 2.22. The van der Waals surface area contributed by atoms with Gasteiger partial charge in [0.05, 0.1) is 10.7 Å². The van der Waals surface area contributed by atoms with E-state index in [1.54, 1.807) is 12.1 Å². The van der Waals surface area contributed by atoms with Crippen LogP contribution in [0, 0.1) is 17.0 Å². The SMILES string of the molecule is Cc1cc(C(=O)NNC(=O)CSc2nc3ccccc3o2)ccc1[N+](=O)[O-]. The third-order valence-corrected chi connectivity index (χ3v) is 4.40. The molecule has 2 N–H and O–H groups in total. The molecule has 3 aromatic rings. The standard InChI is InChI=1S/C17H14N4O5S/c1-10-8-11(6-7-13(10)21(24)25)16(23)20-19-15(22)9-27-17-18-12-4-2-3-5-14(12)26-17/h2-8H,9H2,1H3,(H,19,22)(H,20,23). The Balaban J connectivity index is 1.51. The van der Waals surface area contributed by atoms with Crippen LogP contribution in [-0.2, 0) is 4.79 Å². The third kappa shape index (κ3) is 4.42. The smallest absolute Gasteiger partial charge is 0.272 e. The minimum atomic E-state index is -0.576. The lowest BCUT2D eigenvalue weighted by Crippen LogP contribution is -2.42. The third-order valence-electron chi connectivity index (χ3n) is 3.57. The Bertz CT molecular complexity index is 1000. The van der Waals surface area contributed by atoms with E-state index in [2.05, 4.69) is 15.8 Å². The quantitative estimate of drug-likeness (QED) is 0.392. The molecule has 10 heteroatoms. The van der Waals surface area contributed by atoms with Gasteiger partial charge in [-0.1, -0.05) is 23.9 Å². The topological polar surface area (TPSA) is 127 Å². The van der Waals surface area contributed by atoms with Crippen molar-refractivity contribution in [2.75, 3.05) is 5.75 Å². The maximum atomic E-state index is 12.0. The summed E-state index contributed by atoms with van der Waals surface area (Å²) in [6.07, 6.45) is 0. The zero-order chi connectivity index (χ0) is 19.4. The highest BCUT2D eigenvalue weighted by Gasteiger charge is 2.15. The molecule has 0 spiro atoms. The molecule has 0 radical (unpaired) electrons. The maximum absolute atomic E-state index is 12.0. The van der Waals surface area contributed by atoms with Crippen LogP contribution in [0.15, 0.2) is 52.1 Å². The Morgan fingerprint density at radius 1 is 1.22 bits per heavy atom. The van der Waals surface area contributed by atoms with Crippen molar-refractivity contribution in [1.82, 2.24) is 15.8 Å². The first-order valence-electron chi connectivity index (χ1n) is 7.76. The molecule has 0 aliphatic heterocycles. The van der Waals surface area contributed by atoms with Gasteiger partial charge in [-0.3, -0.25) is 30.6 Å². The highest BCUT2D eigenvalue weighted by atomic mass is 32.2. The van der Waals surface area contributed by atoms with E-state index < -0.39 is 16.7 Å². The number of carbonyl (C=O) groups is 2. The first-order valence-corrected chi connectivity index (χ1v) is 8.75. The van der Waals surface area contributed by atoms with E-state index in [-0.39, 0.29) is 17.0 Å². The van der Waals surface area contributed by atoms with E-state index >= 15 is 0 Å². The molecule has 0 aliphatic carbocycles. The van der Waals surface area contributed by atoms with Gasteiger partial charge in [-0.15, -0.1) is 0 Å². The Morgan fingerprint density at radius 3 is 2.70 bits per heavy atom. The second kappa shape index (κ2) is 7.87. The Morgan fingerprint density at radius 2 is 2.00 bits per heavy atom. The van der Waals surface area contributed by atoms with Crippen LogP contribution in [0.4, 0.5) is 5.69 Å². The van der Waals surface area contributed by atoms with Crippen molar-refractivity contribution >= 4 is 40.4 Å². The number of aromatic nitrogens is 1. The number of hydrogen-bond acceptors (Lipinski definition) is 7. The van der Waals surface area contributed by atoms with Crippen LogP contribution in [0.5, 0.6) is 0 Å². The molecular weight excluding hydrogens is 372 g/mol. The number of nitrogens with zero attached hydrogens (tertiary/aromatic N) is 2. The van der Waals surface area contributed by atoms with Crippen molar-refractivity contribution in [2.45, 2.75) is 12.1 Å². The summed E-state index contributed by atoms with van der Waals surface area (Å²) in [5, 5.41) is 11.1. The van der Waals surface area contributed by atoms with Crippen molar-refractivity contribution in [3.63, 3.8) is 0 Å². The van der Waals surface area contributed by atoms with E-state index in [0.717, 1.165) is 11.8 Å². The summed E-state index contributed by atoms with van der Waals surface area (Å²) in [7, 11) is 0. The number of para-hydroxylation sites is 2. The van der Waals surface area contributed by atoms with E-state index in [4.69, 9.17) is 4.42 Å². The minimum absolute atomic E-state index is 0.00755.